The van der Waals surface area contributed by atoms with Crippen molar-refractivity contribution < 1.29 is 27.5 Å². The van der Waals surface area contributed by atoms with Gasteiger partial charge in [-0.1, -0.05) is 18.0 Å². The van der Waals surface area contributed by atoms with Crippen LogP contribution < -0.4 is 9.62 Å². The van der Waals surface area contributed by atoms with Crippen LogP contribution in [0.2, 0.25) is 0 Å². The molecule has 0 spiro atoms. The van der Waals surface area contributed by atoms with Gasteiger partial charge in [0.15, 0.2) is 0 Å². The zero-order valence-corrected chi connectivity index (χ0v) is 25.8. The molecule has 0 unspecified atom stereocenters. The van der Waals surface area contributed by atoms with Gasteiger partial charge in [0, 0.05) is 48.3 Å². The highest BCUT2D eigenvalue weighted by Gasteiger charge is 2.26. The fraction of sp³-hybridized carbons (Fsp3) is 0.118. The summed E-state index contributed by atoms with van der Waals surface area (Å²) in [5.41, 5.74) is 5.03. The first-order chi connectivity index (χ1) is 22.2. The SMILES string of the molecule is CNC(=O)c1c(-c2ccc(F)cc2)oc2cc(N(C)SC)c(-c3ccc4nc(C(=O)OC)n5c6cccc(F)c6cc5c4n3)cc12. The van der Waals surface area contributed by atoms with E-state index in [9.17, 15) is 18.4 Å². The zero-order chi connectivity index (χ0) is 32.3. The molecule has 0 radical (unpaired) electrons. The molecule has 0 atom stereocenters. The van der Waals surface area contributed by atoms with Crippen molar-refractivity contribution in [1.82, 2.24) is 19.7 Å². The van der Waals surface area contributed by atoms with E-state index in [4.69, 9.17) is 14.1 Å². The third kappa shape index (κ3) is 4.52. The van der Waals surface area contributed by atoms with Crippen LogP contribution in [0.25, 0.3) is 61.0 Å². The minimum absolute atomic E-state index is 0.00804. The number of nitrogens with one attached hydrogen (secondary N) is 1. The quantitative estimate of drug-likeness (QED) is 0.150. The Kier molecular flexibility index (Phi) is 7.08. The van der Waals surface area contributed by atoms with Gasteiger partial charge in [-0.05, 0) is 60.7 Å². The second-order valence-electron chi connectivity index (χ2n) is 10.5. The number of methoxy groups -OCH3 is 1. The van der Waals surface area contributed by atoms with Gasteiger partial charge in [0.1, 0.15) is 28.5 Å². The Bertz CT molecular complexity index is 2370. The predicted molar refractivity (Wildman–Crippen MR) is 175 cm³/mol. The van der Waals surface area contributed by atoms with Crippen LogP contribution in [0.3, 0.4) is 0 Å². The lowest BCUT2D eigenvalue weighted by molar-refractivity contribution is 0.0585. The second-order valence-corrected chi connectivity index (χ2v) is 11.4. The Morgan fingerprint density at radius 3 is 2.48 bits per heavy atom. The van der Waals surface area contributed by atoms with Crippen LogP contribution in [0.5, 0.6) is 0 Å². The number of fused-ring (bicyclic) bond motifs is 6. The lowest BCUT2D eigenvalue weighted by atomic mass is 10.0. The summed E-state index contributed by atoms with van der Waals surface area (Å²) >= 11 is 1.47. The molecule has 0 aliphatic carbocycles. The average molecular weight is 638 g/mol. The number of esters is 1. The molecule has 46 heavy (non-hydrogen) atoms. The Balaban J connectivity index is 1.53. The molecule has 230 valence electrons. The highest BCUT2D eigenvalue weighted by Crippen LogP contribution is 2.42. The molecule has 1 amide bonds. The third-order valence-electron chi connectivity index (χ3n) is 7.97. The van der Waals surface area contributed by atoms with Crippen LogP contribution in [0.15, 0.2) is 77.2 Å². The number of amides is 1. The molecular weight excluding hydrogens is 612 g/mol. The fourth-order valence-corrected chi connectivity index (χ4v) is 6.07. The summed E-state index contributed by atoms with van der Waals surface area (Å²) in [6.07, 6.45) is 1.92. The van der Waals surface area contributed by atoms with Gasteiger partial charge < -0.3 is 18.8 Å². The van der Waals surface area contributed by atoms with E-state index in [-0.39, 0.29) is 11.7 Å². The van der Waals surface area contributed by atoms with Gasteiger partial charge in [-0.2, -0.15) is 0 Å². The number of halogens is 2. The van der Waals surface area contributed by atoms with Crippen LogP contribution in [-0.2, 0) is 4.74 Å². The molecule has 12 heteroatoms. The second kappa shape index (κ2) is 11.1. The van der Waals surface area contributed by atoms with Gasteiger partial charge in [0.2, 0.25) is 5.82 Å². The van der Waals surface area contributed by atoms with Gasteiger partial charge in [0.25, 0.3) is 5.91 Å². The Morgan fingerprint density at radius 1 is 0.978 bits per heavy atom. The minimum Gasteiger partial charge on any atom is -0.463 e. The number of rotatable bonds is 6. The van der Waals surface area contributed by atoms with Crippen molar-refractivity contribution in [3.8, 4) is 22.6 Å². The van der Waals surface area contributed by atoms with Gasteiger partial charge >= 0.3 is 5.97 Å². The lowest BCUT2D eigenvalue weighted by Crippen LogP contribution is -2.18. The minimum atomic E-state index is -0.675. The van der Waals surface area contributed by atoms with E-state index in [2.05, 4.69) is 10.3 Å². The van der Waals surface area contributed by atoms with Crippen LogP contribution >= 0.6 is 11.9 Å². The highest BCUT2D eigenvalue weighted by atomic mass is 32.2. The molecule has 0 aliphatic heterocycles. The maximum Gasteiger partial charge on any atom is 0.374 e. The molecule has 3 aromatic carbocycles. The number of carbonyl (C=O) groups is 2. The summed E-state index contributed by atoms with van der Waals surface area (Å²) in [6.45, 7) is 0. The smallest absolute Gasteiger partial charge is 0.374 e. The average Bonchev–Trinajstić information content (AvgIpc) is 3.66. The third-order valence-corrected chi connectivity index (χ3v) is 8.72. The van der Waals surface area contributed by atoms with Crippen molar-refractivity contribution in [3.05, 3.63) is 95.8 Å². The Hall–Kier alpha value is -5.49. The van der Waals surface area contributed by atoms with Crippen molar-refractivity contribution in [2.75, 3.05) is 31.8 Å². The Labute approximate surface area is 264 Å². The summed E-state index contributed by atoms with van der Waals surface area (Å²) in [7, 11) is 4.69. The maximum absolute atomic E-state index is 15.0. The van der Waals surface area contributed by atoms with Gasteiger partial charge in [0.05, 0.1) is 40.6 Å². The number of nitrogens with zero attached hydrogens (tertiary/aromatic N) is 4. The largest absolute Gasteiger partial charge is 0.463 e. The molecule has 0 saturated heterocycles. The molecule has 1 N–H and O–H groups in total. The topological polar surface area (TPSA) is 102 Å². The molecule has 7 rings (SSSR count). The maximum atomic E-state index is 15.0. The van der Waals surface area contributed by atoms with Crippen molar-refractivity contribution >= 4 is 67.9 Å². The summed E-state index contributed by atoms with van der Waals surface area (Å²) < 4.78 is 43.5. The van der Waals surface area contributed by atoms with Crippen LogP contribution in [0.1, 0.15) is 21.0 Å². The number of carbonyl (C=O) groups excluding carboxylic acids is 2. The Morgan fingerprint density at radius 2 is 1.76 bits per heavy atom. The number of anilines is 1. The van der Waals surface area contributed by atoms with Gasteiger partial charge in [-0.3, -0.25) is 9.20 Å². The number of aromatic nitrogens is 3. The van der Waals surface area contributed by atoms with E-state index in [0.717, 1.165) is 5.69 Å². The lowest BCUT2D eigenvalue weighted by Gasteiger charge is -2.19. The molecule has 0 fully saturated rings. The molecule has 7 aromatic rings. The number of furan rings is 1. The summed E-state index contributed by atoms with van der Waals surface area (Å²) in [4.78, 5) is 35.7. The van der Waals surface area contributed by atoms with Crippen LogP contribution in [0, 0.1) is 11.6 Å². The van der Waals surface area contributed by atoms with Crippen molar-refractivity contribution in [2.24, 2.45) is 0 Å². The van der Waals surface area contributed by atoms with E-state index < -0.39 is 17.6 Å². The number of ether oxygens (including phenoxy) is 1. The van der Waals surface area contributed by atoms with Crippen LogP contribution in [0.4, 0.5) is 14.5 Å². The first-order valence-electron chi connectivity index (χ1n) is 14.1. The first-order valence-corrected chi connectivity index (χ1v) is 15.3. The molecule has 4 aromatic heterocycles. The molecule has 4 heterocycles. The van der Waals surface area contributed by atoms with E-state index in [0.29, 0.717) is 66.6 Å². The summed E-state index contributed by atoms with van der Waals surface area (Å²) in [5.74, 6) is -1.61. The number of hydrogen-bond donors (Lipinski definition) is 1. The van der Waals surface area contributed by atoms with E-state index in [1.807, 2.05) is 29.7 Å². The highest BCUT2D eigenvalue weighted by molar-refractivity contribution is 7.99. The molecule has 0 bridgehead atoms. The molecule has 0 saturated carbocycles. The van der Waals surface area contributed by atoms with E-state index in [1.165, 1.54) is 44.3 Å². The molecular formula is C34H25F2N5O4S. The summed E-state index contributed by atoms with van der Waals surface area (Å²) in [5, 5.41) is 3.53. The van der Waals surface area contributed by atoms with Gasteiger partial charge in [-0.25, -0.2) is 23.5 Å². The van der Waals surface area contributed by atoms with Crippen molar-refractivity contribution in [1.29, 1.82) is 0 Å². The standard InChI is InChI=1S/C34H25F2N5O4S/c1-37-33(42)29-21-14-20(26(40(2)46-4)16-28(21)45-31(29)17-8-10-18(35)11-9-17)23-12-13-24-30(38-23)27-15-19-22(36)6-5-7-25(19)41(27)32(39-24)34(43)44-3/h5-16H,1-4H3,(H,37,42). The van der Waals surface area contributed by atoms with Gasteiger partial charge in [-0.15, -0.1) is 0 Å². The molecule has 0 aliphatic rings. The molecule has 9 nitrogen and oxygen atoms in total. The van der Waals surface area contributed by atoms with Crippen molar-refractivity contribution in [3.63, 3.8) is 0 Å². The van der Waals surface area contributed by atoms with E-state index in [1.54, 1.807) is 46.9 Å². The van der Waals surface area contributed by atoms with Crippen LogP contribution in [-0.4, -0.2) is 53.7 Å². The monoisotopic (exact) mass is 637 g/mol. The van der Waals surface area contributed by atoms with E-state index >= 15 is 0 Å². The predicted octanol–water partition coefficient (Wildman–Crippen LogP) is 7.25. The number of hydrogen-bond acceptors (Lipinski definition) is 8. The number of pyridine rings is 1. The zero-order valence-electron chi connectivity index (χ0n) is 25.0. The number of benzene rings is 3. The fourth-order valence-electron chi connectivity index (χ4n) is 5.72. The first kappa shape index (κ1) is 29.2. The summed E-state index contributed by atoms with van der Waals surface area (Å²) in [6, 6.07) is 19.2. The van der Waals surface area contributed by atoms with Crippen molar-refractivity contribution in [2.45, 2.75) is 0 Å². The normalized spacial score (nSPS) is 11.5.